The number of hydrogen-bond acceptors (Lipinski definition) is 3. The number of nitrogens with one attached hydrogen (secondary N) is 2. The molecule has 2 rings (SSSR count). The van der Waals surface area contributed by atoms with Gasteiger partial charge in [0.1, 0.15) is 6.61 Å². The van der Waals surface area contributed by atoms with E-state index in [1.54, 1.807) is 18.3 Å². The predicted octanol–water partition coefficient (Wildman–Crippen LogP) is 3.58. The summed E-state index contributed by atoms with van der Waals surface area (Å²) in [6, 6.07) is 13.1. The van der Waals surface area contributed by atoms with Crippen molar-refractivity contribution in [2.75, 3.05) is 5.32 Å². The molecular weight excluding hydrogens is 278 g/mol. The Morgan fingerprint density at radius 1 is 1.14 bits per heavy atom. The van der Waals surface area contributed by atoms with Gasteiger partial charge in [0.25, 0.3) is 0 Å². The molecule has 0 aliphatic rings. The lowest BCUT2D eigenvalue weighted by molar-refractivity contribution is 0.243. The van der Waals surface area contributed by atoms with E-state index in [9.17, 15) is 4.79 Å². The fourth-order valence-electron chi connectivity index (χ4n) is 1.82. The van der Waals surface area contributed by atoms with Crippen LogP contribution in [-0.4, -0.2) is 16.6 Å². The van der Waals surface area contributed by atoms with Crippen LogP contribution in [0.4, 0.5) is 10.6 Å². The maximum absolute atomic E-state index is 11.9. The number of nitrogens with zero attached hydrogens (tertiary/aromatic N) is 1. The third-order valence-corrected chi connectivity index (χ3v) is 2.73. The summed E-state index contributed by atoms with van der Waals surface area (Å²) in [6.07, 6.45) is 1.61. The Balaban J connectivity index is 2.02. The molecule has 2 amide bonds. The molecule has 5 heteroatoms. The fourth-order valence-corrected chi connectivity index (χ4v) is 1.82. The van der Waals surface area contributed by atoms with Crippen LogP contribution in [0, 0.1) is 0 Å². The maximum Gasteiger partial charge on any atom is 0.320 e. The van der Waals surface area contributed by atoms with E-state index in [2.05, 4.69) is 15.6 Å². The molecule has 0 atom stereocenters. The number of carbonyl (C=O) groups excluding carboxylic acids is 1. The number of pyridine rings is 1. The van der Waals surface area contributed by atoms with Crippen molar-refractivity contribution < 1.29 is 9.53 Å². The van der Waals surface area contributed by atoms with E-state index in [-0.39, 0.29) is 11.6 Å². The molecule has 1 aromatic heterocycles. The van der Waals surface area contributed by atoms with Crippen LogP contribution in [0.25, 0.3) is 0 Å². The van der Waals surface area contributed by atoms with E-state index >= 15 is 0 Å². The molecule has 0 saturated carbocycles. The first-order valence-corrected chi connectivity index (χ1v) is 7.15. The standard InChI is InChI=1S/C17H21N3O2/c1-17(2,3)20-16(21)19-15-14(10-7-11-18-15)22-12-13-8-5-4-6-9-13/h4-11H,12H2,1-3H3,(H2,18,19,20,21). The molecule has 2 aromatic rings. The molecule has 0 aliphatic carbocycles. The van der Waals surface area contributed by atoms with Gasteiger partial charge in [-0.1, -0.05) is 30.3 Å². The highest BCUT2D eigenvalue weighted by Gasteiger charge is 2.15. The molecule has 2 N–H and O–H groups in total. The van der Waals surface area contributed by atoms with Crippen molar-refractivity contribution in [3.05, 3.63) is 54.2 Å². The molecule has 1 aromatic carbocycles. The van der Waals surface area contributed by atoms with Crippen LogP contribution in [0.2, 0.25) is 0 Å². The summed E-state index contributed by atoms with van der Waals surface area (Å²) in [5, 5.41) is 5.54. The zero-order valence-corrected chi connectivity index (χ0v) is 13.1. The topological polar surface area (TPSA) is 63.2 Å². The second-order valence-electron chi connectivity index (χ2n) is 5.95. The average molecular weight is 299 g/mol. The van der Waals surface area contributed by atoms with Crippen LogP contribution >= 0.6 is 0 Å². The van der Waals surface area contributed by atoms with Crippen molar-refractivity contribution in [3.8, 4) is 5.75 Å². The van der Waals surface area contributed by atoms with Gasteiger partial charge >= 0.3 is 6.03 Å². The van der Waals surface area contributed by atoms with Crippen LogP contribution in [0.3, 0.4) is 0 Å². The zero-order chi connectivity index (χ0) is 16.0. The van der Waals surface area contributed by atoms with Gasteiger partial charge in [-0.25, -0.2) is 9.78 Å². The Labute approximate surface area is 130 Å². The number of amides is 2. The van der Waals surface area contributed by atoms with Gasteiger partial charge in [0.05, 0.1) is 0 Å². The Kier molecular flexibility index (Phi) is 4.99. The lowest BCUT2D eigenvalue weighted by Gasteiger charge is -2.21. The van der Waals surface area contributed by atoms with E-state index in [0.717, 1.165) is 5.56 Å². The predicted molar refractivity (Wildman–Crippen MR) is 86.9 cm³/mol. The molecule has 0 spiro atoms. The van der Waals surface area contributed by atoms with Crippen molar-refractivity contribution in [2.45, 2.75) is 32.9 Å². The molecule has 116 valence electrons. The van der Waals surface area contributed by atoms with Crippen molar-refractivity contribution >= 4 is 11.8 Å². The van der Waals surface area contributed by atoms with Crippen molar-refractivity contribution in [3.63, 3.8) is 0 Å². The highest BCUT2D eigenvalue weighted by molar-refractivity contribution is 5.90. The van der Waals surface area contributed by atoms with Gasteiger partial charge in [-0.05, 0) is 38.5 Å². The van der Waals surface area contributed by atoms with Crippen molar-refractivity contribution in [1.82, 2.24) is 10.3 Å². The highest BCUT2D eigenvalue weighted by atomic mass is 16.5. The summed E-state index contributed by atoms with van der Waals surface area (Å²) in [5.41, 5.74) is 0.737. The van der Waals surface area contributed by atoms with Crippen LogP contribution in [-0.2, 0) is 6.61 Å². The summed E-state index contributed by atoms with van der Waals surface area (Å²) >= 11 is 0. The van der Waals surface area contributed by atoms with Gasteiger partial charge in [-0.3, -0.25) is 5.32 Å². The maximum atomic E-state index is 11.9. The van der Waals surface area contributed by atoms with Crippen LogP contribution in [0.1, 0.15) is 26.3 Å². The van der Waals surface area contributed by atoms with Gasteiger partial charge in [0.2, 0.25) is 0 Å². The van der Waals surface area contributed by atoms with Crippen LogP contribution < -0.4 is 15.4 Å². The number of urea groups is 1. The van der Waals surface area contributed by atoms with E-state index < -0.39 is 0 Å². The molecule has 0 saturated heterocycles. The smallest absolute Gasteiger partial charge is 0.320 e. The lowest BCUT2D eigenvalue weighted by Crippen LogP contribution is -2.43. The third kappa shape index (κ3) is 5.09. The van der Waals surface area contributed by atoms with E-state index in [1.165, 1.54) is 0 Å². The molecule has 0 aliphatic heterocycles. The summed E-state index contributed by atoms with van der Waals surface area (Å²) in [4.78, 5) is 16.1. The zero-order valence-electron chi connectivity index (χ0n) is 13.1. The molecule has 0 radical (unpaired) electrons. The Morgan fingerprint density at radius 2 is 1.86 bits per heavy atom. The normalized spacial score (nSPS) is 10.9. The lowest BCUT2D eigenvalue weighted by atomic mass is 10.1. The number of benzene rings is 1. The van der Waals surface area contributed by atoms with Crippen LogP contribution in [0.15, 0.2) is 48.7 Å². The summed E-state index contributed by atoms with van der Waals surface area (Å²) in [6.45, 7) is 6.16. The molecule has 0 bridgehead atoms. The minimum absolute atomic E-state index is 0.309. The van der Waals surface area contributed by atoms with E-state index in [1.807, 2.05) is 51.1 Å². The minimum atomic E-state index is -0.316. The fraction of sp³-hybridized carbons (Fsp3) is 0.294. The Hall–Kier alpha value is -2.56. The summed E-state index contributed by atoms with van der Waals surface area (Å²) in [7, 11) is 0. The molecule has 5 nitrogen and oxygen atoms in total. The average Bonchev–Trinajstić information content (AvgIpc) is 2.45. The number of carbonyl (C=O) groups is 1. The largest absolute Gasteiger partial charge is 0.485 e. The summed E-state index contributed by atoms with van der Waals surface area (Å²) in [5.74, 6) is 0.940. The number of ether oxygens (including phenoxy) is 1. The minimum Gasteiger partial charge on any atom is -0.485 e. The monoisotopic (exact) mass is 299 g/mol. The van der Waals surface area contributed by atoms with Gasteiger partial charge in [0.15, 0.2) is 11.6 Å². The quantitative estimate of drug-likeness (QED) is 0.907. The Morgan fingerprint density at radius 3 is 2.55 bits per heavy atom. The number of aromatic nitrogens is 1. The first kappa shape index (κ1) is 15.8. The van der Waals surface area contributed by atoms with Crippen LogP contribution in [0.5, 0.6) is 5.75 Å². The summed E-state index contributed by atoms with van der Waals surface area (Å²) < 4.78 is 5.75. The third-order valence-electron chi connectivity index (χ3n) is 2.73. The second-order valence-corrected chi connectivity index (χ2v) is 5.95. The molecule has 22 heavy (non-hydrogen) atoms. The van der Waals surface area contributed by atoms with Gasteiger partial charge in [0, 0.05) is 11.7 Å². The number of anilines is 1. The van der Waals surface area contributed by atoms with E-state index in [0.29, 0.717) is 18.2 Å². The first-order chi connectivity index (χ1) is 10.4. The van der Waals surface area contributed by atoms with E-state index in [4.69, 9.17) is 4.74 Å². The van der Waals surface area contributed by atoms with Gasteiger partial charge < -0.3 is 10.1 Å². The Bertz CT molecular complexity index is 621. The number of hydrogen-bond donors (Lipinski definition) is 2. The van der Waals surface area contributed by atoms with Gasteiger partial charge in [-0.15, -0.1) is 0 Å². The van der Waals surface area contributed by atoms with Gasteiger partial charge in [-0.2, -0.15) is 0 Å². The molecule has 0 unspecified atom stereocenters. The molecule has 1 heterocycles. The molecule has 0 fully saturated rings. The first-order valence-electron chi connectivity index (χ1n) is 7.15. The second kappa shape index (κ2) is 6.93. The van der Waals surface area contributed by atoms with Crippen molar-refractivity contribution in [2.24, 2.45) is 0 Å². The molecular formula is C17H21N3O2. The highest BCUT2D eigenvalue weighted by Crippen LogP contribution is 2.22. The SMILES string of the molecule is CC(C)(C)NC(=O)Nc1ncccc1OCc1ccccc1. The number of rotatable bonds is 4. The van der Waals surface area contributed by atoms with Crippen molar-refractivity contribution in [1.29, 1.82) is 0 Å².